The van der Waals surface area contributed by atoms with Crippen molar-refractivity contribution < 1.29 is 13.9 Å². The molecule has 192 valence electrons. The summed E-state index contributed by atoms with van der Waals surface area (Å²) in [6, 6.07) is 14.6. The van der Waals surface area contributed by atoms with Crippen LogP contribution in [0.5, 0.6) is 5.75 Å². The Balaban J connectivity index is 1.14. The first-order chi connectivity index (χ1) is 18.0. The molecule has 0 radical (unpaired) electrons. The Bertz CT molecular complexity index is 1390. The van der Waals surface area contributed by atoms with E-state index in [1.165, 1.54) is 17.7 Å². The minimum atomic E-state index is -0.698. The fourth-order valence-electron chi connectivity index (χ4n) is 4.93. The number of piperidine rings is 2. The molecule has 3 heterocycles. The predicted octanol–water partition coefficient (Wildman–Crippen LogP) is 3.95. The molecule has 0 saturated carbocycles. The van der Waals surface area contributed by atoms with Crippen LogP contribution in [-0.4, -0.2) is 49.1 Å². The van der Waals surface area contributed by atoms with Gasteiger partial charge in [-0.25, -0.2) is 4.79 Å². The van der Waals surface area contributed by atoms with Gasteiger partial charge in [-0.2, -0.15) is 5.26 Å². The van der Waals surface area contributed by atoms with E-state index in [1.807, 2.05) is 12.1 Å². The zero-order valence-electron chi connectivity index (χ0n) is 20.5. The molecule has 1 amide bonds. The topological polar surface area (TPSA) is 108 Å². The molecule has 1 aromatic heterocycles. The summed E-state index contributed by atoms with van der Waals surface area (Å²) in [5.41, 5.74) is 1.19. The molecule has 0 unspecified atom stereocenters. The summed E-state index contributed by atoms with van der Waals surface area (Å²) < 4.78 is 12.5. The first-order valence-corrected chi connectivity index (χ1v) is 13.4. The SMILES string of the molecule is N#Cc1ccc2cc(C(=O)NC3CCN(Cc4ccc(OC5CCNCC5)c(Br)c4)CC3)c(=O)oc2c1. The van der Waals surface area contributed by atoms with Crippen molar-refractivity contribution in [2.24, 2.45) is 0 Å². The van der Waals surface area contributed by atoms with Gasteiger partial charge in [0.1, 0.15) is 23.0 Å². The standard InChI is InChI=1S/C28H29BrN4O4/c29-24-13-19(2-4-25(24)36-22-5-9-31-10-6-22)17-33-11-7-21(8-12-33)32-27(34)23-15-20-3-1-18(16-30)14-26(20)37-28(23)35/h1-4,13-15,21-22,31H,5-12,17H2,(H,32,34). The van der Waals surface area contributed by atoms with Crippen LogP contribution < -0.4 is 21.0 Å². The van der Waals surface area contributed by atoms with E-state index in [2.05, 4.69) is 43.6 Å². The van der Waals surface area contributed by atoms with Gasteiger partial charge in [-0.15, -0.1) is 0 Å². The average Bonchev–Trinajstić information content (AvgIpc) is 2.91. The van der Waals surface area contributed by atoms with Gasteiger partial charge in [-0.3, -0.25) is 9.69 Å². The van der Waals surface area contributed by atoms with E-state index in [0.29, 0.717) is 16.5 Å². The molecule has 5 rings (SSSR count). The second-order valence-electron chi connectivity index (χ2n) is 9.67. The average molecular weight is 565 g/mol. The van der Waals surface area contributed by atoms with Crippen molar-refractivity contribution in [3.8, 4) is 11.8 Å². The molecule has 2 aliphatic rings. The lowest BCUT2D eigenvalue weighted by Crippen LogP contribution is -2.45. The van der Waals surface area contributed by atoms with Crippen LogP contribution in [0.3, 0.4) is 0 Å². The minimum Gasteiger partial charge on any atom is -0.489 e. The number of rotatable bonds is 6. The van der Waals surface area contributed by atoms with Crippen LogP contribution in [-0.2, 0) is 6.54 Å². The van der Waals surface area contributed by atoms with Crippen molar-refractivity contribution in [1.82, 2.24) is 15.5 Å². The third-order valence-corrected chi connectivity index (χ3v) is 7.63. The summed E-state index contributed by atoms with van der Waals surface area (Å²) in [6.07, 6.45) is 3.90. The molecule has 2 aliphatic heterocycles. The third-order valence-electron chi connectivity index (χ3n) is 7.01. The van der Waals surface area contributed by atoms with Crippen LogP contribution in [0.15, 0.2) is 56.1 Å². The molecule has 2 fully saturated rings. The van der Waals surface area contributed by atoms with Gasteiger partial charge in [0.15, 0.2) is 0 Å². The van der Waals surface area contributed by atoms with Gasteiger partial charge in [0.25, 0.3) is 5.91 Å². The lowest BCUT2D eigenvalue weighted by Gasteiger charge is -2.32. The molecule has 2 N–H and O–H groups in total. The normalized spacial score (nSPS) is 17.4. The Morgan fingerprint density at radius 2 is 1.92 bits per heavy atom. The van der Waals surface area contributed by atoms with Crippen LogP contribution in [0.1, 0.15) is 47.2 Å². The Hall–Kier alpha value is -3.19. The summed E-state index contributed by atoms with van der Waals surface area (Å²) in [7, 11) is 0. The lowest BCUT2D eigenvalue weighted by molar-refractivity contribution is 0.0905. The monoisotopic (exact) mass is 564 g/mol. The van der Waals surface area contributed by atoms with E-state index in [9.17, 15) is 9.59 Å². The number of carbonyl (C=O) groups excluding carboxylic acids is 1. The number of halogens is 1. The largest absolute Gasteiger partial charge is 0.489 e. The number of fused-ring (bicyclic) bond motifs is 1. The maximum Gasteiger partial charge on any atom is 0.349 e. The highest BCUT2D eigenvalue weighted by Gasteiger charge is 2.23. The van der Waals surface area contributed by atoms with Crippen LogP contribution in [0.2, 0.25) is 0 Å². The maximum absolute atomic E-state index is 12.8. The second kappa shape index (κ2) is 11.5. The maximum atomic E-state index is 12.8. The number of hydrogen-bond acceptors (Lipinski definition) is 7. The zero-order chi connectivity index (χ0) is 25.8. The predicted molar refractivity (Wildman–Crippen MR) is 144 cm³/mol. The Labute approximate surface area is 223 Å². The summed E-state index contributed by atoms with van der Waals surface area (Å²) in [5, 5.41) is 16.0. The molecule has 9 heteroatoms. The van der Waals surface area contributed by atoms with E-state index in [1.54, 1.807) is 12.1 Å². The molecule has 3 aromatic rings. The molecular formula is C28H29BrN4O4. The molecule has 0 atom stereocenters. The van der Waals surface area contributed by atoms with Crippen molar-refractivity contribution in [2.45, 2.75) is 44.4 Å². The van der Waals surface area contributed by atoms with Gasteiger partial charge >= 0.3 is 5.63 Å². The highest BCUT2D eigenvalue weighted by Crippen LogP contribution is 2.29. The molecule has 0 spiro atoms. The number of hydrogen-bond donors (Lipinski definition) is 2. The molecule has 8 nitrogen and oxygen atoms in total. The number of benzene rings is 2. The van der Waals surface area contributed by atoms with Crippen molar-refractivity contribution >= 4 is 32.8 Å². The summed E-state index contributed by atoms with van der Waals surface area (Å²) in [5.74, 6) is 0.465. The molecule has 37 heavy (non-hydrogen) atoms. The van der Waals surface area contributed by atoms with Crippen LogP contribution in [0.4, 0.5) is 0 Å². The van der Waals surface area contributed by atoms with Crippen molar-refractivity contribution in [2.75, 3.05) is 26.2 Å². The van der Waals surface area contributed by atoms with Crippen LogP contribution in [0, 0.1) is 11.3 Å². The summed E-state index contributed by atoms with van der Waals surface area (Å²) >= 11 is 3.67. The number of nitrogens with one attached hydrogen (secondary N) is 2. The minimum absolute atomic E-state index is 0.00712. The zero-order valence-corrected chi connectivity index (χ0v) is 22.1. The van der Waals surface area contributed by atoms with E-state index >= 15 is 0 Å². The van der Waals surface area contributed by atoms with Crippen LogP contribution in [0.25, 0.3) is 11.0 Å². The fourth-order valence-corrected chi connectivity index (χ4v) is 5.45. The van der Waals surface area contributed by atoms with Crippen molar-refractivity contribution in [3.05, 3.63) is 74.0 Å². The molecule has 2 saturated heterocycles. The molecule has 2 aromatic carbocycles. The molecular weight excluding hydrogens is 536 g/mol. The van der Waals surface area contributed by atoms with E-state index in [4.69, 9.17) is 14.4 Å². The Morgan fingerprint density at radius 1 is 1.14 bits per heavy atom. The Kier molecular flexibility index (Phi) is 7.89. The highest BCUT2D eigenvalue weighted by atomic mass is 79.9. The lowest BCUT2D eigenvalue weighted by atomic mass is 10.0. The summed E-state index contributed by atoms with van der Waals surface area (Å²) in [4.78, 5) is 27.6. The van der Waals surface area contributed by atoms with Crippen molar-refractivity contribution in [1.29, 1.82) is 5.26 Å². The third kappa shape index (κ3) is 6.21. The second-order valence-corrected chi connectivity index (χ2v) is 10.5. The number of amides is 1. The smallest absolute Gasteiger partial charge is 0.349 e. The first kappa shape index (κ1) is 25.5. The molecule has 0 bridgehead atoms. The molecule has 0 aliphatic carbocycles. The van der Waals surface area contributed by atoms with Crippen LogP contribution >= 0.6 is 15.9 Å². The first-order valence-electron chi connectivity index (χ1n) is 12.7. The van der Waals surface area contributed by atoms with Gasteiger partial charge in [0.2, 0.25) is 0 Å². The van der Waals surface area contributed by atoms with Gasteiger partial charge in [-0.1, -0.05) is 6.07 Å². The summed E-state index contributed by atoms with van der Waals surface area (Å²) in [6.45, 7) is 4.51. The van der Waals surface area contributed by atoms with Gasteiger partial charge in [-0.05, 0) is 96.7 Å². The van der Waals surface area contributed by atoms with Gasteiger partial charge < -0.3 is 19.8 Å². The number of nitriles is 1. The highest BCUT2D eigenvalue weighted by molar-refractivity contribution is 9.10. The van der Waals surface area contributed by atoms with Gasteiger partial charge in [0, 0.05) is 31.1 Å². The van der Waals surface area contributed by atoms with E-state index in [0.717, 1.165) is 68.6 Å². The number of likely N-dealkylation sites (tertiary alicyclic amines) is 1. The number of ether oxygens (including phenoxy) is 1. The number of nitrogens with zero attached hydrogens (tertiary/aromatic N) is 2. The Morgan fingerprint density at radius 3 is 2.65 bits per heavy atom. The van der Waals surface area contributed by atoms with E-state index < -0.39 is 11.5 Å². The van der Waals surface area contributed by atoms with E-state index in [-0.39, 0.29) is 17.7 Å². The van der Waals surface area contributed by atoms with Gasteiger partial charge in [0.05, 0.1) is 16.1 Å². The quantitative estimate of drug-likeness (QED) is 0.436. The fraction of sp³-hybridized carbons (Fsp3) is 0.393. The number of carbonyl (C=O) groups is 1. The van der Waals surface area contributed by atoms with Crippen molar-refractivity contribution in [3.63, 3.8) is 0 Å².